The number of guanidine groups is 1. The lowest BCUT2D eigenvalue weighted by atomic mass is 10.2. The van der Waals surface area contributed by atoms with Gasteiger partial charge >= 0.3 is 0 Å². The molecule has 0 amide bonds. The fourth-order valence-electron chi connectivity index (χ4n) is 2.30. The van der Waals surface area contributed by atoms with Crippen molar-refractivity contribution in [2.24, 2.45) is 4.99 Å². The maximum Gasteiger partial charge on any atom is 0.191 e. The van der Waals surface area contributed by atoms with Crippen LogP contribution < -0.4 is 20.1 Å². The van der Waals surface area contributed by atoms with Crippen LogP contribution in [0.4, 0.5) is 0 Å². The Kier molecular flexibility index (Phi) is 9.60. The number of benzene rings is 2. The molecule has 146 valence electrons. The number of methoxy groups -OCH3 is 1. The van der Waals surface area contributed by atoms with Crippen LogP contribution in [-0.2, 0) is 11.3 Å². The largest absolute Gasteiger partial charge is 0.492 e. The maximum atomic E-state index is 5.68. The smallest absolute Gasteiger partial charge is 0.191 e. The summed E-state index contributed by atoms with van der Waals surface area (Å²) in [5.74, 6) is 2.48. The summed E-state index contributed by atoms with van der Waals surface area (Å²) in [5, 5.41) is 6.52. The van der Waals surface area contributed by atoms with E-state index in [1.54, 1.807) is 7.11 Å². The molecule has 27 heavy (non-hydrogen) atoms. The van der Waals surface area contributed by atoms with Gasteiger partial charge in [0.1, 0.15) is 24.7 Å². The predicted molar refractivity (Wildman–Crippen MR) is 109 cm³/mol. The minimum atomic E-state index is 0.549. The van der Waals surface area contributed by atoms with Crippen LogP contribution in [0.15, 0.2) is 59.6 Å². The van der Waals surface area contributed by atoms with Crippen molar-refractivity contribution in [1.82, 2.24) is 10.6 Å². The fraction of sp³-hybridized carbons (Fsp3) is 0.381. The van der Waals surface area contributed by atoms with Crippen molar-refractivity contribution in [2.75, 3.05) is 40.0 Å². The van der Waals surface area contributed by atoms with Gasteiger partial charge in [-0.05, 0) is 36.8 Å². The van der Waals surface area contributed by atoms with Gasteiger partial charge in [-0.25, -0.2) is 4.99 Å². The van der Waals surface area contributed by atoms with E-state index in [-0.39, 0.29) is 0 Å². The molecule has 0 fully saturated rings. The average Bonchev–Trinajstić information content (AvgIpc) is 2.71. The molecule has 0 radical (unpaired) electrons. The summed E-state index contributed by atoms with van der Waals surface area (Å²) < 4.78 is 16.2. The summed E-state index contributed by atoms with van der Waals surface area (Å²) in [6.07, 6.45) is 0. The number of hydrogen-bond donors (Lipinski definition) is 2. The van der Waals surface area contributed by atoms with Gasteiger partial charge < -0.3 is 24.8 Å². The summed E-state index contributed by atoms with van der Waals surface area (Å²) in [7, 11) is 1.66. The Morgan fingerprint density at radius 3 is 2.26 bits per heavy atom. The fourth-order valence-corrected chi connectivity index (χ4v) is 2.30. The minimum absolute atomic E-state index is 0.549. The van der Waals surface area contributed by atoms with Crippen LogP contribution in [0.3, 0.4) is 0 Å². The molecule has 0 heterocycles. The molecule has 2 rings (SSSR count). The van der Waals surface area contributed by atoms with Gasteiger partial charge in [0.05, 0.1) is 19.7 Å². The minimum Gasteiger partial charge on any atom is -0.492 e. The van der Waals surface area contributed by atoms with E-state index in [1.807, 2.05) is 61.5 Å². The van der Waals surface area contributed by atoms with Crippen molar-refractivity contribution in [2.45, 2.75) is 13.5 Å². The maximum absolute atomic E-state index is 5.68. The van der Waals surface area contributed by atoms with Crippen LogP contribution in [0.25, 0.3) is 0 Å². The Balaban J connectivity index is 1.76. The van der Waals surface area contributed by atoms with Crippen molar-refractivity contribution >= 4 is 5.96 Å². The molecule has 0 aliphatic heterocycles. The molecule has 0 aliphatic carbocycles. The van der Waals surface area contributed by atoms with Crippen LogP contribution in [0, 0.1) is 0 Å². The van der Waals surface area contributed by atoms with Crippen molar-refractivity contribution in [3.63, 3.8) is 0 Å². The monoisotopic (exact) mass is 371 g/mol. The topological polar surface area (TPSA) is 64.1 Å². The van der Waals surface area contributed by atoms with Gasteiger partial charge in [-0.1, -0.05) is 30.3 Å². The zero-order valence-corrected chi connectivity index (χ0v) is 16.1. The highest BCUT2D eigenvalue weighted by Gasteiger charge is 1.99. The summed E-state index contributed by atoms with van der Waals surface area (Å²) in [6, 6.07) is 17.7. The van der Waals surface area contributed by atoms with Crippen LogP contribution in [0.5, 0.6) is 11.5 Å². The summed E-state index contributed by atoms with van der Waals surface area (Å²) in [6.45, 7) is 5.81. The second-order valence-electron chi connectivity index (χ2n) is 5.77. The number of para-hydroxylation sites is 1. The first-order chi connectivity index (χ1) is 13.3. The van der Waals surface area contributed by atoms with E-state index in [1.165, 1.54) is 0 Å². The number of nitrogens with one attached hydrogen (secondary N) is 2. The molecule has 6 nitrogen and oxygen atoms in total. The second-order valence-corrected chi connectivity index (χ2v) is 5.77. The average molecular weight is 371 g/mol. The van der Waals surface area contributed by atoms with Gasteiger partial charge in [0.15, 0.2) is 5.96 Å². The normalized spacial score (nSPS) is 11.1. The Morgan fingerprint density at radius 2 is 1.56 bits per heavy atom. The molecule has 6 heteroatoms. The molecule has 0 spiro atoms. The summed E-state index contributed by atoms with van der Waals surface area (Å²) in [4.78, 5) is 4.61. The van der Waals surface area contributed by atoms with Gasteiger partial charge in [0, 0.05) is 13.7 Å². The van der Waals surface area contributed by atoms with E-state index in [0.717, 1.165) is 29.6 Å². The molecule has 2 aromatic rings. The van der Waals surface area contributed by atoms with Crippen molar-refractivity contribution < 1.29 is 14.2 Å². The number of aliphatic imine (C=N–C) groups is 1. The molecular formula is C21H29N3O3. The molecule has 0 saturated heterocycles. The number of hydrogen-bond acceptors (Lipinski definition) is 4. The van der Waals surface area contributed by atoms with Crippen LogP contribution in [-0.4, -0.2) is 46.0 Å². The molecule has 0 unspecified atom stereocenters. The van der Waals surface area contributed by atoms with Gasteiger partial charge in [-0.3, -0.25) is 0 Å². The Labute approximate surface area is 161 Å². The zero-order valence-electron chi connectivity index (χ0n) is 16.1. The second kappa shape index (κ2) is 12.6. The predicted octanol–water partition coefficient (Wildman–Crippen LogP) is 2.85. The highest BCUT2D eigenvalue weighted by atomic mass is 16.5. The van der Waals surface area contributed by atoms with E-state index >= 15 is 0 Å². The summed E-state index contributed by atoms with van der Waals surface area (Å²) in [5.41, 5.74) is 1.12. The van der Waals surface area contributed by atoms with Gasteiger partial charge in [0.2, 0.25) is 0 Å². The lowest BCUT2D eigenvalue weighted by Gasteiger charge is -2.12. The summed E-state index contributed by atoms with van der Waals surface area (Å²) >= 11 is 0. The molecule has 0 aliphatic rings. The first kappa shape index (κ1) is 20.6. The van der Waals surface area contributed by atoms with E-state index in [9.17, 15) is 0 Å². The molecule has 0 bridgehead atoms. The third-order valence-corrected chi connectivity index (χ3v) is 3.65. The van der Waals surface area contributed by atoms with E-state index in [0.29, 0.717) is 32.9 Å². The highest BCUT2D eigenvalue weighted by molar-refractivity contribution is 5.79. The number of ether oxygens (including phenoxy) is 3. The third kappa shape index (κ3) is 8.46. The number of nitrogens with zero attached hydrogens (tertiary/aromatic N) is 1. The SMILES string of the molecule is CCNC(=NCc1ccc(OCCOC)cc1)NCCOc1ccccc1. The van der Waals surface area contributed by atoms with Gasteiger partial charge in [-0.15, -0.1) is 0 Å². The van der Waals surface area contributed by atoms with E-state index < -0.39 is 0 Å². The number of rotatable bonds is 11. The highest BCUT2D eigenvalue weighted by Crippen LogP contribution is 2.12. The molecule has 2 N–H and O–H groups in total. The van der Waals surface area contributed by atoms with E-state index in [2.05, 4.69) is 15.6 Å². The first-order valence-electron chi connectivity index (χ1n) is 9.22. The Morgan fingerprint density at radius 1 is 0.852 bits per heavy atom. The quantitative estimate of drug-likeness (QED) is 0.361. The molecule has 0 atom stereocenters. The molecule has 0 aromatic heterocycles. The molecular weight excluding hydrogens is 342 g/mol. The molecule has 2 aromatic carbocycles. The zero-order chi connectivity index (χ0) is 19.2. The standard InChI is InChI=1S/C21H29N3O3/c1-3-22-21(23-13-14-26-19-7-5-4-6-8-19)24-17-18-9-11-20(12-10-18)27-16-15-25-2/h4-12H,3,13-17H2,1-2H3,(H2,22,23,24). The lowest BCUT2D eigenvalue weighted by molar-refractivity contribution is 0.146. The third-order valence-electron chi connectivity index (χ3n) is 3.65. The lowest BCUT2D eigenvalue weighted by Crippen LogP contribution is -2.39. The van der Waals surface area contributed by atoms with Crippen LogP contribution in [0.2, 0.25) is 0 Å². The van der Waals surface area contributed by atoms with Gasteiger partial charge in [0.25, 0.3) is 0 Å². The first-order valence-corrected chi connectivity index (χ1v) is 9.22. The van der Waals surface area contributed by atoms with Crippen LogP contribution >= 0.6 is 0 Å². The van der Waals surface area contributed by atoms with Crippen molar-refractivity contribution in [1.29, 1.82) is 0 Å². The Hall–Kier alpha value is -2.73. The van der Waals surface area contributed by atoms with Crippen molar-refractivity contribution in [3.05, 3.63) is 60.2 Å². The van der Waals surface area contributed by atoms with Gasteiger partial charge in [-0.2, -0.15) is 0 Å². The molecule has 0 saturated carbocycles. The van der Waals surface area contributed by atoms with E-state index in [4.69, 9.17) is 14.2 Å². The Bertz CT molecular complexity index is 660. The van der Waals surface area contributed by atoms with Crippen LogP contribution in [0.1, 0.15) is 12.5 Å². The van der Waals surface area contributed by atoms with Crippen molar-refractivity contribution in [3.8, 4) is 11.5 Å².